The number of hydrogen-bond acceptors (Lipinski definition) is 3. The molecule has 16 heavy (non-hydrogen) atoms. The molecule has 0 saturated heterocycles. The van der Waals surface area contributed by atoms with Gasteiger partial charge in [-0.3, -0.25) is 0 Å². The van der Waals surface area contributed by atoms with Crippen molar-refractivity contribution >= 4 is 15.9 Å². The van der Waals surface area contributed by atoms with Crippen LogP contribution in [0.2, 0.25) is 0 Å². The third-order valence-corrected chi connectivity index (χ3v) is 3.09. The van der Waals surface area contributed by atoms with Gasteiger partial charge in [-0.2, -0.15) is 5.10 Å². The van der Waals surface area contributed by atoms with E-state index in [9.17, 15) is 5.11 Å². The zero-order chi connectivity index (χ0) is 11.5. The number of aromatic hydroxyl groups is 1. The molecule has 1 N–H and O–H groups in total. The predicted octanol–water partition coefficient (Wildman–Crippen LogP) is 2.41. The van der Waals surface area contributed by atoms with E-state index in [2.05, 4.69) is 21.0 Å². The topological polar surface area (TPSA) is 47.3 Å². The van der Waals surface area contributed by atoms with Gasteiger partial charge in [0.25, 0.3) is 0 Å². The van der Waals surface area contributed by atoms with Gasteiger partial charge in [0, 0.05) is 5.56 Å². The lowest BCUT2D eigenvalue weighted by Crippen LogP contribution is -2.03. The van der Waals surface area contributed by atoms with E-state index in [0.29, 0.717) is 11.1 Å². The van der Waals surface area contributed by atoms with Gasteiger partial charge >= 0.3 is 0 Å². The van der Waals surface area contributed by atoms with Crippen molar-refractivity contribution in [3.8, 4) is 11.5 Å². The van der Waals surface area contributed by atoms with E-state index >= 15 is 0 Å². The molecular weight excluding hydrogens is 272 g/mol. The zero-order valence-corrected chi connectivity index (χ0v) is 10.3. The molecular formula is C11H11BrN2O2. The maximum Gasteiger partial charge on any atom is 0.168 e. The highest BCUT2D eigenvalue weighted by Gasteiger charge is 2.09. The summed E-state index contributed by atoms with van der Waals surface area (Å²) in [6, 6.07) is 7.71. The van der Waals surface area contributed by atoms with E-state index in [4.69, 9.17) is 4.74 Å². The fraction of sp³-hybridized carbons (Fsp3) is 0.182. The van der Waals surface area contributed by atoms with E-state index in [1.165, 1.54) is 6.20 Å². The molecule has 84 valence electrons. The molecule has 0 radical (unpaired) electrons. The van der Waals surface area contributed by atoms with Crippen molar-refractivity contribution in [3.63, 3.8) is 0 Å². The number of aromatic nitrogens is 2. The van der Waals surface area contributed by atoms with Crippen LogP contribution in [0.15, 0.2) is 35.1 Å². The van der Waals surface area contributed by atoms with Crippen LogP contribution >= 0.6 is 15.9 Å². The SMILES string of the molecule is COc1ccccc1Cn1ncc(O)c1Br. The molecule has 5 heteroatoms. The molecule has 0 bridgehead atoms. The number of hydrogen-bond donors (Lipinski definition) is 1. The Morgan fingerprint density at radius 2 is 2.19 bits per heavy atom. The summed E-state index contributed by atoms with van der Waals surface area (Å²) in [7, 11) is 1.63. The quantitative estimate of drug-likeness (QED) is 0.941. The summed E-state index contributed by atoms with van der Waals surface area (Å²) in [6.07, 6.45) is 1.40. The number of ether oxygens (including phenoxy) is 1. The van der Waals surface area contributed by atoms with Crippen molar-refractivity contribution in [1.82, 2.24) is 9.78 Å². The van der Waals surface area contributed by atoms with E-state index < -0.39 is 0 Å². The van der Waals surface area contributed by atoms with Gasteiger partial charge in [0.2, 0.25) is 0 Å². The molecule has 0 amide bonds. The van der Waals surface area contributed by atoms with Gasteiger partial charge in [0.1, 0.15) is 10.4 Å². The van der Waals surface area contributed by atoms with Crippen LogP contribution < -0.4 is 4.74 Å². The number of para-hydroxylation sites is 1. The van der Waals surface area contributed by atoms with Crippen LogP contribution in [-0.4, -0.2) is 22.0 Å². The lowest BCUT2D eigenvalue weighted by Gasteiger charge is -2.08. The molecule has 0 aliphatic heterocycles. The van der Waals surface area contributed by atoms with Crippen LogP contribution in [-0.2, 0) is 6.54 Å². The van der Waals surface area contributed by atoms with Crippen molar-refractivity contribution in [2.75, 3.05) is 7.11 Å². The first kappa shape index (κ1) is 11.0. The van der Waals surface area contributed by atoms with Gasteiger partial charge in [-0.15, -0.1) is 0 Å². The Morgan fingerprint density at radius 3 is 2.81 bits per heavy atom. The van der Waals surface area contributed by atoms with Gasteiger partial charge in [-0.05, 0) is 22.0 Å². The standard InChI is InChI=1S/C11H11BrN2O2/c1-16-10-5-3-2-4-8(10)7-14-11(12)9(15)6-13-14/h2-6,15H,7H2,1H3. The Bertz CT molecular complexity index is 496. The molecule has 1 aromatic carbocycles. The molecule has 0 unspecified atom stereocenters. The normalized spacial score (nSPS) is 10.4. The van der Waals surface area contributed by atoms with Crippen LogP contribution in [0.4, 0.5) is 0 Å². The van der Waals surface area contributed by atoms with E-state index in [1.54, 1.807) is 11.8 Å². The summed E-state index contributed by atoms with van der Waals surface area (Å²) < 4.78 is 7.47. The summed E-state index contributed by atoms with van der Waals surface area (Å²) in [5.41, 5.74) is 1.01. The Labute approximate surface area is 102 Å². The molecule has 0 atom stereocenters. The molecule has 0 aliphatic carbocycles. The Balaban J connectivity index is 2.30. The van der Waals surface area contributed by atoms with Crippen LogP contribution in [0.1, 0.15) is 5.56 Å². The molecule has 4 nitrogen and oxygen atoms in total. The third-order valence-electron chi connectivity index (χ3n) is 2.27. The first-order chi connectivity index (χ1) is 7.72. The monoisotopic (exact) mass is 282 g/mol. The smallest absolute Gasteiger partial charge is 0.168 e. The Hall–Kier alpha value is -1.49. The largest absolute Gasteiger partial charge is 0.504 e. The average Bonchev–Trinajstić information content (AvgIpc) is 2.62. The minimum atomic E-state index is 0.134. The van der Waals surface area contributed by atoms with Crippen LogP contribution in [0, 0.1) is 0 Å². The molecule has 0 fully saturated rings. The lowest BCUT2D eigenvalue weighted by molar-refractivity contribution is 0.407. The average molecular weight is 283 g/mol. The number of nitrogens with zero attached hydrogens (tertiary/aromatic N) is 2. The molecule has 0 aliphatic rings. The number of halogens is 1. The lowest BCUT2D eigenvalue weighted by atomic mass is 10.2. The summed E-state index contributed by atoms with van der Waals surface area (Å²) in [6.45, 7) is 0.547. The second-order valence-corrected chi connectivity index (χ2v) is 4.04. The Morgan fingerprint density at radius 1 is 1.44 bits per heavy atom. The van der Waals surface area contributed by atoms with E-state index in [-0.39, 0.29) is 5.75 Å². The second-order valence-electron chi connectivity index (χ2n) is 3.29. The zero-order valence-electron chi connectivity index (χ0n) is 8.72. The number of rotatable bonds is 3. The van der Waals surface area contributed by atoms with Gasteiger partial charge in [0.15, 0.2) is 5.75 Å². The highest BCUT2D eigenvalue weighted by Crippen LogP contribution is 2.25. The Kier molecular flexibility index (Phi) is 3.14. The van der Waals surface area contributed by atoms with Crippen LogP contribution in [0.5, 0.6) is 11.5 Å². The molecule has 1 aromatic heterocycles. The highest BCUT2D eigenvalue weighted by molar-refractivity contribution is 9.10. The summed E-state index contributed by atoms with van der Waals surface area (Å²) >= 11 is 3.26. The van der Waals surface area contributed by atoms with Gasteiger partial charge in [-0.25, -0.2) is 4.68 Å². The first-order valence-electron chi connectivity index (χ1n) is 4.74. The first-order valence-corrected chi connectivity index (χ1v) is 5.54. The molecule has 0 spiro atoms. The van der Waals surface area contributed by atoms with Crippen molar-refractivity contribution in [3.05, 3.63) is 40.6 Å². The predicted molar refractivity (Wildman–Crippen MR) is 63.7 cm³/mol. The van der Waals surface area contributed by atoms with E-state index in [0.717, 1.165) is 11.3 Å². The van der Waals surface area contributed by atoms with Crippen molar-refractivity contribution in [2.45, 2.75) is 6.54 Å². The highest BCUT2D eigenvalue weighted by atomic mass is 79.9. The molecule has 0 saturated carbocycles. The van der Waals surface area contributed by atoms with Crippen molar-refractivity contribution in [1.29, 1.82) is 0 Å². The van der Waals surface area contributed by atoms with Gasteiger partial charge in [0.05, 0.1) is 19.9 Å². The van der Waals surface area contributed by atoms with E-state index in [1.807, 2.05) is 24.3 Å². The maximum atomic E-state index is 9.38. The van der Waals surface area contributed by atoms with Gasteiger partial charge in [-0.1, -0.05) is 18.2 Å². The third kappa shape index (κ3) is 2.04. The fourth-order valence-electron chi connectivity index (χ4n) is 1.47. The number of benzene rings is 1. The minimum absolute atomic E-state index is 0.134. The summed E-state index contributed by atoms with van der Waals surface area (Å²) in [5, 5.41) is 13.4. The second kappa shape index (κ2) is 4.57. The number of methoxy groups -OCH3 is 1. The van der Waals surface area contributed by atoms with Gasteiger partial charge < -0.3 is 9.84 Å². The van der Waals surface area contributed by atoms with Crippen LogP contribution in [0.25, 0.3) is 0 Å². The molecule has 2 aromatic rings. The molecule has 2 rings (SSSR count). The summed E-state index contributed by atoms with van der Waals surface area (Å²) in [5.74, 6) is 0.944. The van der Waals surface area contributed by atoms with Crippen LogP contribution in [0.3, 0.4) is 0 Å². The fourth-order valence-corrected chi connectivity index (χ4v) is 1.79. The summed E-state index contributed by atoms with van der Waals surface area (Å²) in [4.78, 5) is 0. The maximum absolute atomic E-state index is 9.38. The minimum Gasteiger partial charge on any atom is -0.504 e. The van der Waals surface area contributed by atoms with Crippen molar-refractivity contribution in [2.24, 2.45) is 0 Å². The molecule has 1 heterocycles. The van der Waals surface area contributed by atoms with Crippen molar-refractivity contribution < 1.29 is 9.84 Å².